The topological polar surface area (TPSA) is 70.2 Å². The van der Waals surface area contributed by atoms with Crippen LogP contribution in [0.4, 0.5) is 5.69 Å². The Morgan fingerprint density at radius 2 is 1.78 bits per heavy atom. The SMILES string of the molecule is Cc1ccc(NNC(=O)CNC(=O)Cc2ccccc2)cc1Cl. The number of rotatable bonds is 6. The molecule has 0 aromatic heterocycles. The van der Waals surface area contributed by atoms with Crippen molar-refractivity contribution < 1.29 is 9.59 Å². The van der Waals surface area contributed by atoms with Gasteiger partial charge < -0.3 is 5.32 Å². The van der Waals surface area contributed by atoms with Gasteiger partial charge in [-0.1, -0.05) is 48.0 Å². The second-order valence-electron chi connectivity index (χ2n) is 5.08. The van der Waals surface area contributed by atoms with E-state index in [1.54, 1.807) is 12.1 Å². The molecular weight excluding hydrogens is 314 g/mol. The number of benzene rings is 2. The van der Waals surface area contributed by atoms with Gasteiger partial charge in [-0.2, -0.15) is 0 Å². The van der Waals surface area contributed by atoms with Crippen molar-refractivity contribution in [3.05, 3.63) is 64.7 Å². The summed E-state index contributed by atoms with van der Waals surface area (Å²) in [4.78, 5) is 23.4. The third kappa shape index (κ3) is 5.64. The van der Waals surface area contributed by atoms with Gasteiger partial charge >= 0.3 is 0 Å². The molecule has 2 amide bonds. The summed E-state index contributed by atoms with van der Waals surface area (Å²) in [5.74, 6) is -0.548. The summed E-state index contributed by atoms with van der Waals surface area (Å²) in [5, 5.41) is 3.18. The number of carbonyl (C=O) groups excluding carboxylic acids is 2. The van der Waals surface area contributed by atoms with Crippen LogP contribution in [0, 0.1) is 6.92 Å². The van der Waals surface area contributed by atoms with Gasteiger partial charge in [0, 0.05) is 5.02 Å². The number of amides is 2. The van der Waals surface area contributed by atoms with E-state index in [9.17, 15) is 9.59 Å². The summed E-state index contributed by atoms with van der Waals surface area (Å²) in [5.41, 5.74) is 7.78. The maximum absolute atomic E-state index is 11.7. The van der Waals surface area contributed by atoms with Crippen LogP contribution in [-0.4, -0.2) is 18.4 Å². The van der Waals surface area contributed by atoms with Crippen LogP contribution in [0.5, 0.6) is 0 Å². The van der Waals surface area contributed by atoms with Crippen molar-refractivity contribution in [1.82, 2.24) is 10.7 Å². The van der Waals surface area contributed by atoms with Gasteiger partial charge in [-0.15, -0.1) is 0 Å². The highest BCUT2D eigenvalue weighted by atomic mass is 35.5. The summed E-state index contributed by atoms with van der Waals surface area (Å²) < 4.78 is 0. The van der Waals surface area contributed by atoms with E-state index in [4.69, 9.17) is 11.6 Å². The zero-order chi connectivity index (χ0) is 16.7. The Morgan fingerprint density at radius 3 is 2.48 bits per heavy atom. The second kappa shape index (κ2) is 8.19. The van der Waals surface area contributed by atoms with E-state index in [0.29, 0.717) is 10.7 Å². The van der Waals surface area contributed by atoms with E-state index in [2.05, 4.69) is 16.2 Å². The van der Waals surface area contributed by atoms with Crippen LogP contribution in [0.1, 0.15) is 11.1 Å². The minimum absolute atomic E-state index is 0.0989. The summed E-state index contributed by atoms with van der Waals surface area (Å²) in [6.07, 6.45) is 0.245. The molecule has 23 heavy (non-hydrogen) atoms. The van der Waals surface area contributed by atoms with Gasteiger partial charge in [0.25, 0.3) is 5.91 Å². The average Bonchev–Trinajstić information content (AvgIpc) is 2.55. The maximum atomic E-state index is 11.7. The van der Waals surface area contributed by atoms with E-state index in [0.717, 1.165) is 11.1 Å². The maximum Gasteiger partial charge on any atom is 0.257 e. The number of hydrogen-bond donors (Lipinski definition) is 3. The normalized spacial score (nSPS) is 10.0. The molecule has 2 aromatic carbocycles. The highest BCUT2D eigenvalue weighted by Gasteiger charge is 2.06. The lowest BCUT2D eigenvalue weighted by atomic mass is 10.1. The number of carbonyl (C=O) groups is 2. The Kier molecular flexibility index (Phi) is 6.00. The smallest absolute Gasteiger partial charge is 0.257 e. The first-order chi connectivity index (χ1) is 11.0. The zero-order valence-corrected chi connectivity index (χ0v) is 13.5. The second-order valence-corrected chi connectivity index (χ2v) is 5.48. The van der Waals surface area contributed by atoms with Gasteiger partial charge in [-0.05, 0) is 30.2 Å². The molecule has 0 bridgehead atoms. The molecule has 0 fully saturated rings. The fourth-order valence-electron chi connectivity index (χ4n) is 1.88. The number of aryl methyl sites for hydroxylation is 1. The molecule has 0 atom stereocenters. The van der Waals surface area contributed by atoms with Crippen molar-refractivity contribution >= 4 is 29.1 Å². The number of anilines is 1. The van der Waals surface area contributed by atoms with Crippen molar-refractivity contribution in [2.75, 3.05) is 12.0 Å². The zero-order valence-electron chi connectivity index (χ0n) is 12.7. The van der Waals surface area contributed by atoms with E-state index >= 15 is 0 Å². The Balaban J connectivity index is 1.72. The third-order valence-electron chi connectivity index (χ3n) is 3.17. The molecule has 3 N–H and O–H groups in total. The first-order valence-electron chi connectivity index (χ1n) is 7.16. The number of nitrogens with one attached hydrogen (secondary N) is 3. The number of hydrogen-bond acceptors (Lipinski definition) is 3. The predicted molar refractivity (Wildman–Crippen MR) is 91.1 cm³/mol. The Labute approximate surface area is 140 Å². The van der Waals surface area contributed by atoms with Crippen molar-refractivity contribution in [3.8, 4) is 0 Å². The molecule has 2 rings (SSSR count). The number of halogens is 1. The van der Waals surface area contributed by atoms with Crippen molar-refractivity contribution in [1.29, 1.82) is 0 Å². The van der Waals surface area contributed by atoms with Crippen LogP contribution in [0.2, 0.25) is 5.02 Å². The molecule has 0 unspecified atom stereocenters. The Bertz CT molecular complexity index is 689. The van der Waals surface area contributed by atoms with Crippen LogP contribution >= 0.6 is 11.6 Å². The summed E-state index contributed by atoms with van der Waals surface area (Å²) in [7, 11) is 0. The summed E-state index contributed by atoms with van der Waals surface area (Å²) in [6.45, 7) is 1.80. The molecule has 2 aromatic rings. The molecule has 0 aliphatic carbocycles. The molecule has 120 valence electrons. The van der Waals surface area contributed by atoms with Crippen LogP contribution < -0.4 is 16.2 Å². The van der Waals surface area contributed by atoms with E-state index in [1.807, 2.05) is 43.3 Å². The largest absolute Gasteiger partial charge is 0.347 e. The molecule has 0 radical (unpaired) electrons. The van der Waals surface area contributed by atoms with Gasteiger partial charge in [0.1, 0.15) is 0 Å². The van der Waals surface area contributed by atoms with Crippen LogP contribution in [0.25, 0.3) is 0 Å². The minimum atomic E-state index is -0.344. The molecule has 5 nitrogen and oxygen atoms in total. The van der Waals surface area contributed by atoms with E-state index < -0.39 is 0 Å². The van der Waals surface area contributed by atoms with Gasteiger partial charge in [0.05, 0.1) is 18.7 Å². The van der Waals surface area contributed by atoms with Crippen molar-refractivity contribution in [2.45, 2.75) is 13.3 Å². The van der Waals surface area contributed by atoms with Crippen molar-refractivity contribution in [3.63, 3.8) is 0 Å². The standard InChI is InChI=1S/C17H18ClN3O2/c1-12-7-8-14(10-15(12)18)20-21-17(23)11-19-16(22)9-13-5-3-2-4-6-13/h2-8,10,20H,9,11H2,1H3,(H,19,22)(H,21,23). The van der Waals surface area contributed by atoms with Crippen LogP contribution in [-0.2, 0) is 16.0 Å². The van der Waals surface area contributed by atoms with Crippen LogP contribution in [0.15, 0.2) is 48.5 Å². The Morgan fingerprint density at radius 1 is 1.04 bits per heavy atom. The molecule has 6 heteroatoms. The molecule has 0 spiro atoms. The van der Waals surface area contributed by atoms with Gasteiger partial charge in [-0.25, -0.2) is 0 Å². The molecule has 0 heterocycles. The highest BCUT2D eigenvalue weighted by molar-refractivity contribution is 6.31. The molecule has 0 saturated carbocycles. The van der Waals surface area contributed by atoms with E-state index in [-0.39, 0.29) is 24.8 Å². The number of hydrazine groups is 1. The first-order valence-corrected chi connectivity index (χ1v) is 7.54. The highest BCUT2D eigenvalue weighted by Crippen LogP contribution is 2.19. The molecule has 0 aliphatic rings. The average molecular weight is 332 g/mol. The summed E-state index contributed by atoms with van der Waals surface area (Å²) >= 11 is 6.00. The lowest BCUT2D eigenvalue weighted by Gasteiger charge is -2.10. The molecular formula is C17H18ClN3O2. The minimum Gasteiger partial charge on any atom is -0.347 e. The van der Waals surface area contributed by atoms with Gasteiger partial charge in [0.15, 0.2) is 0 Å². The molecule has 0 aliphatic heterocycles. The Hall–Kier alpha value is -2.53. The lowest BCUT2D eigenvalue weighted by Crippen LogP contribution is -2.39. The predicted octanol–water partition coefficient (Wildman–Crippen LogP) is 2.45. The summed E-state index contributed by atoms with van der Waals surface area (Å²) in [6, 6.07) is 14.7. The lowest BCUT2D eigenvalue weighted by molar-refractivity contribution is -0.125. The van der Waals surface area contributed by atoms with Gasteiger partial charge in [-0.3, -0.25) is 20.4 Å². The fraction of sp³-hybridized carbons (Fsp3) is 0.176. The van der Waals surface area contributed by atoms with Crippen molar-refractivity contribution in [2.24, 2.45) is 0 Å². The van der Waals surface area contributed by atoms with Gasteiger partial charge in [0.2, 0.25) is 5.91 Å². The molecule has 0 saturated heterocycles. The monoisotopic (exact) mass is 331 g/mol. The third-order valence-corrected chi connectivity index (χ3v) is 3.58. The fourth-order valence-corrected chi connectivity index (χ4v) is 2.06. The quantitative estimate of drug-likeness (QED) is 0.712. The van der Waals surface area contributed by atoms with Crippen LogP contribution in [0.3, 0.4) is 0 Å². The van der Waals surface area contributed by atoms with E-state index in [1.165, 1.54) is 0 Å². The first kappa shape index (κ1) is 16.8.